The summed E-state index contributed by atoms with van der Waals surface area (Å²) in [4.78, 5) is 2.38. The molecule has 0 saturated heterocycles. The summed E-state index contributed by atoms with van der Waals surface area (Å²) in [7, 11) is -3.57. The molecule has 158 valence electrons. The van der Waals surface area contributed by atoms with Gasteiger partial charge in [0.1, 0.15) is 5.82 Å². The minimum atomic E-state index is -3.57. The van der Waals surface area contributed by atoms with Gasteiger partial charge >= 0.3 is 0 Å². The number of fused-ring (bicyclic) bond motifs is 1. The summed E-state index contributed by atoms with van der Waals surface area (Å²) >= 11 is 0. The quantitative estimate of drug-likeness (QED) is 0.539. The second-order valence-electron chi connectivity index (χ2n) is 7.25. The molecule has 2 heterocycles. The topological polar surface area (TPSA) is 58.4 Å². The Morgan fingerprint density at radius 1 is 1.03 bits per heavy atom. The lowest BCUT2D eigenvalue weighted by molar-refractivity contribution is 0.488. The number of anilines is 1. The Labute approximate surface area is 176 Å². The van der Waals surface area contributed by atoms with E-state index in [9.17, 15) is 12.8 Å². The van der Waals surface area contributed by atoms with E-state index in [4.69, 9.17) is 5.10 Å². The van der Waals surface area contributed by atoms with Crippen LogP contribution in [-0.4, -0.2) is 48.7 Å². The summed E-state index contributed by atoms with van der Waals surface area (Å²) in [5.41, 5.74) is 1.77. The Balaban J connectivity index is 1.81. The van der Waals surface area contributed by atoms with Gasteiger partial charge < -0.3 is 4.90 Å². The van der Waals surface area contributed by atoms with E-state index in [1.807, 2.05) is 36.7 Å². The highest BCUT2D eigenvalue weighted by molar-refractivity contribution is 7.89. The van der Waals surface area contributed by atoms with Gasteiger partial charge in [-0.15, -0.1) is 0 Å². The molecule has 0 bridgehead atoms. The highest BCUT2D eigenvalue weighted by atomic mass is 32.2. The lowest BCUT2D eigenvalue weighted by Gasteiger charge is -2.19. The molecule has 0 atom stereocenters. The summed E-state index contributed by atoms with van der Waals surface area (Å²) in [6.07, 6.45) is 3.72. The highest BCUT2D eigenvalue weighted by Gasteiger charge is 2.26. The molecule has 4 rings (SSSR count). The van der Waals surface area contributed by atoms with E-state index in [2.05, 4.69) is 4.90 Å². The van der Waals surface area contributed by atoms with Gasteiger partial charge in [-0.3, -0.25) is 4.68 Å². The Kier molecular flexibility index (Phi) is 5.62. The van der Waals surface area contributed by atoms with Gasteiger partial charge in [-0.2, -0.15) is 9.40 Å². The van der Waals surface area contributed by atoms with E-state index in [0.29, 0.717) is 19.6 Å². The normalized spacial score (nSPS) is 14.6. The van der Waals surface area contributed by atoms with Crippen molar-refractivity contribution in [1.29, 1.82) is 0 Å². The molecular weight excluding hydrogens is 403 g/mol. The van der Waals surface area contributed by atoms with Crippen molar-refractivity contribution in [2.45, 2.75) is 25.3 Å². The minimum Gasteiger partial charge on any atom is -0.355 e. The zero-order chi connectivity index (χ0) is 21.3. The molecule has 30 heavy (non-hydrogen) atoms. The van der Waals surface area contributed by atoms with Crippen LogP contribution in [0.3, 0.4) is 0 Å². The van der Waals surface area contributed by atoms with Gasteiger partial charge in [0.15, 0.2) is 5.82 Å². The zero-order valence-corrected chi connectivity index (χ0v) is 17.9. The first-order chi connectivity index (χ1) is 14.4. The summed E-state index contributed by atoms with van der Waals surface area (Å²) < 4.78 is 42.6. The molecule has 3 aromatic rings. The average molecular weight is 429 g/mol. The van der Waals surface area contributed by atoms with Crippen molar-refractivity contribution in [3.8, 4) is 0 Å². The first-order valence-electron chi connectivity index (χ1n) is 10.1. The van der Waals surface area contributed by atoms with Gasteiger partial charge in [0.05, 0.1) is 17.0 Å². The maximum absolute atomic E-state index is 13.3. The second kappa shape index (κ2) is 8.20. The predicted octanol–water partition coefficient (Wildman–Crippen LogP) is 3.63. The number of hydrogen-bond acceptors (Lipinski definition) is 4. The van der Waals surface area contributed by atoms with Crippen molar-refractivity contribution >= 4 is 26.7 Å². The van der Waals surface area contributed by atoms with E-state index in [1.54, 1.807) is 24.3 Å². The van der Waals surface area contributed by atoms with E-state index in [1.165, 1.54) is 16.4 Å². The van der Waals surface area contributed by atoms with Crippen LogP contribution >= 0.6 is 0 Å². The molecule has 0 aliphatic carbocycles. The van der Waals surface area contributed by atoms with Crippen molar-refractivity contribution in [2.75, 3.05) is 31.1 Å². The molecule has 1 aromatic heterocycles. The molecule has 2 aromatic carbocycles. The van der Waals surface area contributed by atoms with Gasteiger partial charge in [0, 0.05) is 31.6 Å². The van der Waals surface area contributed by atoms with Crippen LogP contribution in [0.2, 0.25) is 0 Å². The number of halogens is 1. The van der Waals surface area contributed by atoms with Crippen molar-refractivity contribution in [1.82, 2.24) is 14.1 Å². The fraction of sp³-hybridized carbons (Fsp3) is 0.318. The van der Waals surface area contributed by atoms with Gasteiger partial charge in [-0.25, -0.2) is 12.8 Å². The number of benzene rings is 2. The van der Waals surface area contributed by atoms with Crippen LogP contribution < -0.4 is 4.90 Å². The maximum Gasteiger partial charge on any atom is 0.243 e. The summed E-state index contributed by atoms with van der Waals surface area (Å²) in [6, 6.07) is 11.5. The minimum absolute atomic E-state index is 0.272. The van der Waals surface area contributed by atoms with Crippen molar-refractivity contribution in [3.63, 3.8) is 0 Å². The highest BCUT2D eigenvalue weighted by Crippen LogP contribution is 2.30. The summed E-state index contributed by atoms with van der Waals surface area (Å²) in [5, 5.41) is 5.60. The third-order valence-electron chi connectivity index (χ3n) is 5.43. The largest absolute Gasteiger partial charge is 0.355 e. The van der Waals surface area contributed by atoms with Gasteiger partial charge in [0.25, 0.3) is 0 Å². The van der Waals surface area contributed by atoms with Crippen molar-refractivity contribution in [3.05, 3.63) is 66.0 Å². The molecule has 0 saturated carbocycles. The van der Waals surface area contributed by atoms with Crippen molar-refractivity contribution in [2.24, 2.45) is 0 Å². The fourth-order valence-corrected chi connectivity index (χ4v) is 5.12. The summed E-state index contributed by atoms with van der Waals surface area (Å²) in [6.45, 7) is 6.87. The first-order valence-corrected chi connectivity index (χ1v) is 11.5. The Hall–Kier alpha value is -2.71. The Morgan fingerprint density at radius 3 is 2.33 bits per heavy atom. The molecular formula is C22H25FN4O2S. The third kappa shape index (κ3) is 3.73. The van der Waals surface area contributed by atoms with Gasteiger partial charge in [0.2, 0.25) is 10.0 Å². The van der Waals surface area contributed by atoms with Crippen LogP contribution in [-0.2, 0) is 16.6 Å². The fourth-order valence-electron chi connectivity index (χ4n) is 3.75. The summed E-state index contributed by atoms with van der Waals surface area (Å²) in [5.74, 6) is 0.480. The monoisotopic (exact) mass is 428 g/mol. The van der Waals surface area contributed by atoms with E-state index in [-0.39, 0.29) is 10.7 Å². The molecule has 0 radical (unpaired) electrons. The number of nitrogens with zero attached hydrogens (tertiary/aromatic N) is 4. The van der Waals surface area contributed by atoms with Crippen molar-refractivity contribution < 1.29 is 12.8 Å². The number of rotatable bonds is 7. The lowest BCUT2D eigenvalue weighted by Crippen LogP contribution is -2.28. The molecule has 0 spiro atoms. The second-order valence-corrected chi connectivity index (χ2v) is 9.19. The molecule has 8 heteroatoms. The van der Waals surface area contributed by atoms with Crippen LogP contribution in [0.4, 0.5) is 10.2 Å². The van der Waals surface area contributed by atoms with Crippen LogP contribution in [0, 0.1) is 5.82 Å². The maximum atomic E-state index is 13.3. The molecule has 0 amide bonds. The molecule has 1 aliphatic heterocycles. The predicted molar refractivity (Wildman–Crippen MR) is 117 cm³/mol. The van der Waals surface area contributed by atoms with Crippen LogP contribution in [0.25, 0.3) is 10.9 Å². The SMILES string of the molecule is CCN(CC)c1nn(Cc2ccc(F)cc2)c2ccc(S(=O)(=O)N3CC=CC3)cc12. The Bertz CT molecular complexity index is 1170. The van der Waals surface area contributed by atoms with Crippen LogP contribution in [0.5, 0.6) is 0 Å². The lowest BCUT2D eigenvalue weighted by atomic mass is 10.2. The smallest absolute Gasteiger partial charge is 0.243 e. The Morgan fingerprint density at radius 2 is 1.70 bits per heavy atom. The number of aromatic nitrogens is 2. The van der Waals surface area contributed by atoms with E-state index in [0.717, 1.165) is 35.4 Å². The molecule has 6 nitrogen and oxygen atoms in total. The average Bonchev–Trinajstić information content (AvgIpc) is 3.40. The first kappa shape index (κ1) is 20.6. The molecule has 0 unspecified atom stereocenters. The number of sulfonamides is 1. The molecule has 1 aliphatic rings. The van der Waals surface area contributed by atoms with Gasteiger partial charge in [-0.05, 0) is 49.7 Å². The molecule has 0 N–H and O–H groups in total. The standard InChI is InChI=1S/C22H25FN4O2S/c1-3-25(4-2)22-20-15-19(30(28,29)26-13-5-6-14-26)11-12-21(20)27(24-22)16-17-7-9-18(23)10-8-17/h5-12,15H,3-4,13-14,16H2,1-2H3. The third-order valence-corrected chi connectivity index (χ3v) is 7.26. The molecule has 0 fully saturated rings. The van der Waals surface area contributed by atoms with Crippen LogP contribution in [0.1, 0.15) is 19.4 Å². The van der Waals surface area contributed by atoms with Crippen LogP contribution in [0.15, 0.2) is 59.5 Å². The van der Waals surface area contributed by atoms with E-state index < -0.39 is 10.0 Å². The van der Waals surface area contributed by atoms with Gasteiger partial charge in [-0.1, -0.05) is 24.3 Å². The van der Waals surface area contributed by atoms with E-state index >= 15 is 0 Å². The zero-order valence-electron chi connectivity index (χ0n) is 17.1. The number of hydrogen-bond donors (Lipinski definition) is 0.